The summed E-state index contributed by atoms with van der Waals surface area (Å²) in [7, 11) is 1.39. The fraction of sp³-hybridized carbons (Fsp3) is 0.263. The van der Waals surface area contributed by atoms with Crippen LogP contribution in [-0.4, -0.2) is 25.5 Å². The third-order valence-electron chi connectivity index (χ3n) is 4.05. The maximum atomic E-state index is 13.7. The molecule has 6 heteroatoms. The molecule has 0 spiro atoms. The van der Waals surface area contributed by atoms with Gasteiger partial charge in [-0.25, -0.2) is 9.18 Å². The van der Waals surface area contributed by atoms with E-state index in [1.54, 1.807) is 35.2 Å². The van der Waals surface area contributed by atoms with Crippen LogP contribution in [0.5, 0.6) is 5.75 Å². The summed E-state index contributed by atoms with van der Waals surface area (Å²) in [5.41, 5.74) is 1.57. The predicted molar refractivity (Wildman–Crippen MR) is 90.1 cm³/mol. The number of nitrogens with zero attached hydrogens (tertiary/aromatic N) is 1. The number of hydrogen-bond acceptors (Lipinski definition) is 4. The zero-order valence-electron chi connectivity index (χ0n) is 13.8. The van der Waals surface area contributed by atoms with Gasteiger partial charge in [0.1, 0.15) is 6.61 Å². The SMILES string of the molecule is COc1ccc(COC(=O)c2cccc(N3CCCC3=O)c2)cc1F. The molecule has 1 saturated heterocycles. The Bertz CT molecular complexity index is 806. The number of hydrogen-bond donors (Lipinski definition) is 0. The molecule has 0 atom stereocenters. The molecule has 0 saturated carbocycles. The quantitative estimate of drug-likeness (QED) is 0.782. The number of carbonyl (C=O) groups is 2. The van der Waals surface area contributed by atoms with Crippen molar-refractivity contribution >= 4 is 17.6 Å². The van der Waals surface area contributed by atoms with Gasteiger partial charge in [0.25, 0.3) is 0 Å². The van der Waals surface area contributed by atoms with Crippen molar-refractivity contribution in [2.75, 3.05) is 18.6 Å². The Kier molecular flexibility index (Phi) is 4.97. The van der Waals surface area contributed by atoms with Crippen molar-refractivity contribution < 1.29 is 23.5 Å². The van der Waals surface area contributed by atoms with Gasteiger partial charge in [0, 0.05) is 18.7 Å². The number of anilines is 1. The first-order valence-electron chi connectivity index (χ1n) is 7.98. The van der Waals surface area contributed by atoms with Gasteiger partial charge in [0.2, 0.25) is 5.91 Å². The third-order valence-corrected chi connectivity index (χ3v) is 4.05. The molecule has 0 unspecified atom stereocenters. The molecule has 25 heavy (non-hydrogen) atoms. The van der Waals surface area contributed by atoms with Crippen molar-refractivity contribution in [1.29, 1.82) is 0 Å². The lowest BCUT2D eigenvalue weighted by atomic mass is 10.2. The number of halogens is 1. The van der Waals surface area contributed by atoms with E-state index < -0.39 is 11.8 Å². The lowest BCUT2D eigenvalue weighted by Gasteiger charge is -2.16. The average Bonchev–Trinajstić information content (AvgIpc) is 3.06. The maximum Gasteiger partial charge on any atom is 0.338 e. The molecular formula is C19H18FNO4. The van der Waals surface area contributed by atoms with E-state index >= 15 is 0 Å². The second kappa shape index (κ2) is 7.34. The normalized spacial score (nSPS) is 13.8. The van der Waals surface area contributed by atoms with Gasteiger partial charge in [-0.05, 0) is 42.3 Å². The molecule has 0 N–H and O–H groups in total. The Morgan fingerprint density at radius 2 is 2.08 bits per heavy atom. The van der Waals surface area contributed by atoms with E-state index in [1.807, 2.05) is 0 Å². The van der Waals surface area contributed by atoms with E-state index in [2.05, 4.69) is 0 Å². The van der Waals surface area contributed by atoms with Gasteiger partial charge in [-0.15, -0.1) is 0 Å². The molecule has 1 amide bonds. The van der Waals surface area contributed by atoms with E-state index in [0.717, 1.165) is 6.42 Å². The number of amides is 1. The zero-order valence-corrected chi connectivity index (χ0v) is 13.8. The van der Waals surface area contributed by atoms with Crippen LogP contribution >= 0.6 is 0 Å². The third kappa shape index (κ3) is 3.79. The maximum absolute atomic E-state index is 13.7. The van der Waals surface area contributed by atoms with Crippen molar-refractivity contribution in [1.82, 2.24) is 0 Å². The molecule has 5 nitrogen and oxygen atoms in total. The summed E-state index contributed by atoms with van der Waals surface area (Å²) in [6.07, 6.45) is 1.34. The minimum atomic E-state index is -0.523. The van der Waals surface area contributed by atoms with Crippen molar-refractivity contribution in [3.63, 3.8) is 0 Å². The highest BCUT2D eigenvalue weighted by Crippen LogP contribution is 2.23. The topological polar surface area (TPSA) is 55.8 Å². The highest BCUT2D eigenvalue weighted by Gasteiger charge is 2.22. The second-order valence-corrected chi connectivity index (χ2v) is 5.74. The molecule has 1 fully saturated rings. The number of rotatable bonds is 5. The standard InChI is InChI=1S/C19H18FNO4/c1-24-17-8-7-13(10-16(17)20)12-25-19(23)14-4-2-5-15(11-14)21-9-3-6-18(21)22/h2,4-5,7-8,10-11H,3,6,9,12H2,1H3. The van der Waals surface area contributed by atoms with Gasteiger partial charge in [0.05, 0.1) is 12.7 Å². The molecule has 1 aliphatic rings. The van der Waals surface area contributed by atoms with Gasteiger partial charge in [-0.1, -0.05) is 12.1 Å². The number of carbonyl (C=O) groups excluding carboxylic acids is 2. The molecule has 2 aromatic rings. The first kappa shape index (κ1) is 17.0. The molecule has 0 aromatic heterocycles. The summed E-state index contributed by atoms with van der Waals surface area (Å²) in [4.78, 5) is 25.7. The summed E-state index contributed by atoms with van der Waals surface area (Å²) in [6.45, 7) is 0.606. The van der Waals surface area contributed by atoms with Crippen LogP contribution in [0.3, 0.4) is 0 Å². The molecule has 0 radical (unpaired) electrons. The fourth-order valence-corrected chi connectivity index (χ4v) is 2.75. The molecule has 0 bridgehead atoms. The summed E-state index contributed by atoms with van der Waals surface area (Å²) in [5, 5.41) is 0. The molecule has 130 valence electrons. The average molecular weight is 343 g/mol. The molecule has 0 aliphatic carbocycles. The highest BCUT2D eigenvalue weighted by atomic mass is 19.1. The summed E-state index contributed by atoms with van der Waals surface area (Å²) in [5.74, 6) is -0.840. The van der Waals surface area contributed by atoms with Gasteiger partial charge < -0.3 is 14.4 Å². The fourth-order valence-electron chi connectivity index (χ4n) is 2.75. The summed E-state index contributed by atoms with van der Waals surface area (Å²) < 4.78 is 23.7. The Morgan fingerprint density at radius 3 is 2.76 bits per heavy atom. The van der Waals surface area contributed by atoms with Crippen LogP contribution in [0.1, 0.15) is 28.8 Å². The van der Waals surface area contributed by atoms with E-state index in [-0.39, 0.29) is 18.3 Å². The number of benzene rings is 2. The van der Waals surface area contributed by atoms with Crippen LogP contribution in [0.15, 0.2) is 42.5 Å². The highest BCUT2D eigenvalue weighted by molar-refractivity contribution is 5.97. The lowest BCUT2D eigenvalue weighted by molar-refractivity contribution is -0.117. The zero-order chi connectivity index (χ0) is 17.8. The number of methoxy groups -OCH3 is 1. The predicted octanol–water partition coefficient (Wildman–Crippen LogP) is 3.32. The summed E-state index contributed by atoms with van der Waals surface area (Å²) >= 11 is 0. The Hall–Kier alpha value is -2.89. The van der Waals surface area contributed by atoms with Gasteiger partial charge in [0.15, 0.2) is 11.6 Å². The van der Waals surface area contributed by atoms with Crippen LogP contribution in [0.4, 0.5) is 10.1 Å². The van der Waals surface area contributed by atoms with Crippen LogP contribution in [-0.2, 0) is 16.1 Å². The van der Waals surface area contributed by atoms with Crippen molar-refractivity contribution in [2.45, 2.75) is 19.4 Å². The largest absolute Gasteiger partial charge is 0.494 e. The smallest absolute Gasteiger partial charge is 0.338 e. The van der Waals surface area contributed by atoms with Crippen molar-refractivity contribution in [2.24, 2.45) is 0 Å². The van der Waals surface area contributed by atoms with E-state index in [0.29, 0.717) is 29.8 Å². The second-order valence-electron chi connectivity index (χ2n) is 5.74. The van der Waals surface area contributed by atoms with Crippen molar-refractivity contribution in [3.05, 3.63) is 59.4 Å². The van der Waals surface area contributed by atoms with Crippen LogP contribution in [0, 0.1) is 5.82 Å². The minimum absolute atomic E-state index is 0.0490. The first-order chi connectivity index (χ1) is 12.1. The Labute approximate surface area is 145 Å². The minimum Gasteiger partial charge on any atom is -0.494 e. The van der Waals surface area contributed by atoms with Gasteiger partial charge in [-0.3, -0.25) is 4.79 Å². The number of esters is 1. The summed E-state index contributed by atoms with van der Waals surface area (Å²) in [6, 6.07) is 11.2. The van der Waals surface area contributed by atoms with Gasteiger partial charge in [-0.2, -0.15) is 0 Å². The Balaban J connectivity index is 1.67. The van der Waals surface area contributed by atoms with Gasteiger partial charge >= 0.3 is 5.97 Å². The van der Waals surface area contributed by atoms with E-state index in [1.165, 1.54) is 19.2 Å². The number of ether oxygens (including phenoxy) is 2. The van der Waals surface area contributed by atoms with Crippen LogP contribution in [0.25, 0.3) is 0 Å². The molecule has 2 aromatic carbocycles. The van der Waals surface area contributed by atoms with E-state index in [4.69, 9.17) is 9.47 Å². The van der Waals surface area contributed by atoms with Crippen molar-refractivity contribution in [3.8, 4) is 5.75 Å². The molecule has 3 rings (SSSR count). The molecule has 1 heterocycles. The van der Waals surface area contributed by atoms with Crippen LogP contribution < -0.4 is 9.64 Å². The van der Waals surface area contributed by atoms with E-state index in [9.17, 15) is 14.0 Å². The van der Waals surface area contributed by atoms with Crippen LogP contribution in [0.2, 0.25) is 0 Å². The first-order valence-corrected chi connectivity index (χ1v) is 7.98. The lowest BCUT2D eigenvalue weighted by Crippen LogP contribution is -2.23. The Morgan fingerprint density at radius 1 is 1.24 bits per heavy atom. The monoisotopic (exact) mass is 343 g/mol. The molecule has 1 aliphatic heterocycles. The molecular weight excluding hydrogens is 325 g/mol.